The minimum Gasteiger partial charge on any atom is -0.490 e. The summed E-state index contributed by atoms with van der Waals surface area (Å²) in [6.45, 7) is 5.43. The van der Waals surface area contributed by atoms with Gasteiger partial charge in [-0.2, -0.15) is 0 Å². The van der Waals surface area contributed by atoms with Gasteiger partial charge in [-0.3, -0.25) is 0 Å². The zero-order valence-electron chi connectivity index (χ0n) is 12.0. The van der Waals surface area contributed by atoms with Gasteiger partial charge >= 0.3 is 0 Å². The molecule has 1 fully saturated rings. The quantitative estimate of drug-likeness (QED) is 0.739. The molecule has 1 aliphatic heterocycles. The van der Waals surface area contributed by atoms with Gasteiger partial charge in [-0.1, -0.05) is 19.8 Å². The molecule has 0 bridgehead atoms. The van der Waals surface area contributed by atoms with Crippen LogP contribution in [0, 0.1) is 0 Å². The summed E-state index contributed by atoms with van der Waals surface area (Å²) in [6.07, 6.45) is 6.40. The fraction of sp³-hybridized carbons (Fsp3) is 0.625. The van der Waals surface area contributed by atoms with E-state index in [1.807, 2.05) is 0 Å². The number of unbranched alkanes of at least 4 members (excludes halogenated alkanes) is 2. The Hall–Kier alpha value is -1.22. The van der Waals surface area contributed by atoms with E-state index in [2.05, 4.69) is 41.8 Å². The van der Waals surface area contributed by atoms with E-state index in [0.717, 1.165) is 38.2 Å². The number of hydrogen-bond acceptors (Lipinski definition) is 3. The highest BCUT2D eigenvalue weighted by Crippen LogP contribution is 2.19. The van der Waals surface area contributed by atoms with Crippen molar-refractivity contribution in [2.45, 2.75) is 45.1 Å². The van der Waals surface area contributed by atoms with E-state index < -0.39 is 0 Å². The van der Waals surface area contributed by atoms with Crippen molar-refractivity contribution in [3.8, 4) is 5.75 Å². The number of ether oxygens (including phenoxy) is 1. The molecule has 3 heteroatoms. The van der Waals surface area contributed by atoms with Gasteiger partial charge < -0.3 is 15.4 Å². The van der Waals surface area contributed by atoms with Gasteiger partial charge in [0.05, 0.1) is 0 Å². The van der Waals surface area contributed by atoms with E-state index >= 15 is 0 Å². The molecule has 3 nitrogen and oxygen atoms in total. The van der Waals surface area contributed by atoms with E-state index in [1.54, 1.807) is 0 Å². The van der Waals surface area contributed by atoms with E-state index in [0.29, 0.717) is 6.10 Å². The summed E-state index contributed by atoms with van der Waals surface area (Å²) in [5.74, 6) is 0.992. The highest BCUT2D eigenvalue weighted by molar-refractivity contribution is 5.46. The van der Waals surface area contributed by atoms with Crippen LogP contribution in [0.3, 0.4) is 0 Å². The lowest BCUT2D eigenvalue weighted by molar-refractivity contribution is 0.162. The summed E-state index contributed by atoms with van der Waals surface area (Å²) in [7, 11) is 0. The maximum Gasteiger partial charge on any atom is 0.119 e. The minimum absolute atomic E-state index is 0.379. The predicted molar refractivity (Wildman–Crippen MR) is 81.0 cm³/mol. The van der Waals surface area contributed by atoms with E-state index in [1.165, 1.54) is 24.9 Å². The first-order valence-electron chi connectivity index (χ1n) is 7.60. The summed E-state index contributed by atoms with van der Waals surface area (Å²) in [5, 5.41) is 6.80. The Morgan fingerprint density at radius 1 is 1.16 bits per heavy atom. The van der Waals surface area contributed by atoms with Gasteiger partial charge in [0.1, 0.15) is 11.9 Å². The Kier molecular flexibility index (Phi) is 6.02. The van der Waals surface area contributed by atoms with Crippen LogP contribution >= 0.6 is 0 Å². The lowest BCUT2D eigenvalue weighted by atomic mass is 10.1. The molecule has 1 aromatic carbocycles. The van der Waals surface area contributed by atoms with Crippen molar-refractivity contribution in [2.24, 2.45) is 0 Å². The number of nitrogens with one attached hydrogen (secondary N) is 2. The Balaban J connectivity index is 1.74. The van der Waals surface area contributed by atoms with Crippen molar-refractivity contribution in [1.29, 1.82) is 0 Å². The molecule has 2 N–H and O–H groups in total. The van der Waals surface area contributed by atoms with Gasteiger partial charge in [0.25, 0.3) is 0 Å². The Bertz CT molecular complexity index is 344. The molecule has 19 heavy (non-hydrogen) atoms. The molecule has 0 saturated carbocycles. The minimum atomic E-state index is 0.379. The third-order valence-electron chi connectivity index (χ3n) is 3.55. The summed E-state index contributed by atoms with van der Waals surface area (Å²) < 4.78 is 5.99. The van der Waals surface area contributed by atoms with Crippen LogP contribution in [0.4, 0.5) is 5.69 Å². The summed E-state index contributed by atoms with van der Waals surface area (Å²) in [4.78, 5) is 0. The SMILES string of the molecule is CCCCCNc1ccc(OC2CCNCC2)cc1. The van der Waals surface area contributed by atoms with Gasteiger partial charge in [0.15, 0.2) is 0 Å². The Labute approximate surface area is 116 Å². The zero-order valence-corrected chi connectivity index (χ0v) is 12.0. The number of anilines is 1. The average molecular weight is 262 g/mol. The molecule has 1 saturated heterocycles. The number of hydrogen-bond donors (Lipinski definition) is 2. The third kappa shape index (κ3) is 5.11. The van der Waals surface area contributed by atoms with Crippen molar-refractivity contribution in [2.75, 3.05) is 25.0 Å². The molecule has 106 valence electrons. The standard InChI is InChI=1S/C16H26N2O/c1-2-3-4-11-18-14-5-7-15(8-6-14)19-16-9-12-17-13-10-16/h5-8,16-18H,2-4,9-13H2,1H3. The Morgan fingerprint density at radius 3 is 2.58 bits per heavy atom. The van der Waals surface area contributed by atoms with Gasteiger partial charge in [-0.05, 0) is 56.6 Å². The van der Waals surface area contributed by atoms with Crippen LogP contribution < -0.4 is 15.4 Å². The molecule has 0 aliphatic carbocycles. The predicted octanol–water partition coefficient (Wildman–Crippen LogP) is 3.42. The molecule has 0 atom stereocenters. The molecule has 0 spiro atoms. The third-order valence-corrected chi connectivity index (χ3v) is 3.55. The summed E-state index contributed by atoms with van der Waals surface area (Å²) in [6, 6.07) is 8.37. The first-order chi connectivity index (χ1) is 9.38. The largest absolute Gasteiger partial charge is 0.490 e. The monoisotopic (exact) mass is 262 g/mol. The molecule has 1 aliphatic rings. The van der Waals surface area contributed by atoms with E-state index in [9.17, 15) is 0 Å². The van der Waals surface area contributed by atoms with Crippen molar-refractivity contribution in [3.63, 3.8) is 0 Å². The molecular formula is C16H26N2O. The van der Waals surface area contributed by atoms with Crippen LogP contribution in [0.25, 0.3) is 0 Å². The fourth-order valence-corrected chi connectivity index (χ4v) is 2.36. The first kappa shape index (κ1) is 14.2. The van der Waals surface area contributed by atoms with Crippen LogP contribution in [-0.4, -0.2) is 25.7 Å². The van der Waals surface area contributed by atoms with Crippen LogP contribution in [0.5, 0.6) is 5.75 Å². The lowest BCUT2D eigenvalue weighted by Crippen LogP contribution is -2.34. The van der Waals surface area contributed by atoms with Gasteiger partial charge in [0.2, 0.25) is 0 Å². The molecular weight excluding hydrogens is 236 g/mol. The van der Waals surface area contributed by atoms with Gasteiger partial charge in [-0.25, -0.2) is 0 Å². The molecule has 2 rings (SSSR count). The summed E-state index contributed by atoms with van der Waals surface area (Å²) in [5.41, 5.74) is 1.19. The maximum absolute atomic E-state index is 5.99. The second kappa shape index (κ2) is 8.05. The summed E-state index contributed by atoms with van der Waals surface area (Å²) >= 11 is 0. The van der Waals surface area contributed by atoms with Crippen LogP contribution in [0.1, 0.15) is 39.0 Å². The van der Waals surface area contributed by atoms with Crippen molar-refractivity contribution >= 4 is 5.69 Å². The van der Waals surface area contributed by atoms with E-state index in [4.69, 9.17) is 4.74 Å². The number of piperidine rings is 1. The number of benzene rings is 1. The molecule has 0 aromatic heterocycles. The molecule has 0 amide bonds. The molecule has 1 heterocycles. The fourth-order valence-electron chi connectivity index (χ4n) is 2.36. The topological polar surface area (TPSA) is 33.3 Å². The average Bonchev–Trinajstić information content (AvgIpc) is 2.46. The van der Waals surface area contributed by atoms with Crippen LogP contribution in [-0.2, 0) is 0 Å². The maximum atomic E-state index is 5.99. The van der Waals surface area contributed by atoms with Gasteiger partial charge in [-0.15, -0.1) is 0 Å². The second-order valence-electron chi connectivity index (χ2n) is 5.23. The van der Waals surface area contributed by atoms with E-state index in [-0.39, 0.29) is 0 Å². The molecule has 1 aromatic rings. The zero-order chi connectivity index (χ0) is 13.3. The van der Waals surface area contributed by atoms with Crippen molar-refractivity contribution in [1.82, 2.24) is 5.32 Å². The smallest absolute Gasteiger partial charge is 0.119 e. The number of rotatable bonds is 7. The second-order valence-corrected chi connectivity index (χ2v) is 5.23. The van der Waals surface area contributed by atoms with Crippen LogP contribution in [0.2, 0.25) is 0 Å². The van der Waals surface area contributed by atoms with Crippen molar-refractivity contribution in [3.05, 3.63) is 24.3 Å². The van der Waals surface area contributed by atoms with Gasteiger partial charge in [0, 0.05) is 12.2 Å². The molecule has 0 radical (unpaired) electrons. The lowest BCUT2D eigenvalue weighted by Gasteiger charge is -2.23. The Morgan fingerprint density at radius 2 is 1.89 bits per heavy atom. The first-order valence-corrected chi connectivity index (χ1v) is 7.60. The van der Waals surface area contributed by atoms with Crippen molar-refractivity contribution < 1.29 is 4.74 Å². The molecule has 0 unspecified atom stereocenters. The normalized spacial score (nSPS) is 16.3. The highest BCUT2D eigenvalue weighted by atomic mass is 16.5. The highest BCUT2D eigenvalue weighted by Gasteiger charge is 2.13. The van der Waals surface area contributed by atoms with Crippen LogP contribution in [0.15, 0.2) is 24.3 Å².